The van der Waals surface area contributed by atoms with Gasteiger partial charge in [0.25, 0.3) is 5.91 Å². The predicted molar refractivity (Wildman–Crippen MR) is 115 cm³/mol. The zero-order valence-corrected chi connectivity index (χ0v) is 18.1. The van der Waals surface area contributed by atoms with E-state index in [-0.39, 0.29) is 11.5 Å². The van der Waals surface area contributed by atoms with E-state index in [1.165, 1.54) is 17.0 Å². The van der Waals surface area contributed by atoms with Gasteiger partial charge in [-0.1, -0.05) is 18.2 Å². The molecule has 0 aliphatic rings. The van der Waals surface area contributed by atoms with Crippen LogP contribution in [0.15, 0.2) is 42.5 Å². The molecule has 0 aliphatic heterocycles. The average Bonchev–Trinajstić information content (AvgIpc) is 2.75. The summed E-state index contributed by atoms with van der Waals surface area (Å²) in [7, 11) is 1.64. The number of ether oxygens (including phenoxy) is 4. The van der Waals surface area contributed by atoms with Crippen LogP contribution in [0.25, 0.3) is 0 Å². The Kier molecular flexibility index (Phi) is 8.53. The fourth-order valence-electron chi connectivity index (χ4n) is 2.84. The Morgan fingerprint density at radius 2 is 1.43 bits per heavy atom. The molecule has 0 fully saturated rings. The Labute approximate surface area is 177 Å². The van der Waals surface area contributed by atoms with Gasteiger partial charge < -0.3 is 23.8 Å². The molecule has 30 heavy (non-hydrogen) atoms. The SMILES string of the molecule is CCOc1cc(C(=O)O[C@@H](C)C(=O)N(C)c2ccccc2)cc(OCC)c1OCC. The Bertz CT molecular complexity index is 825. The molecule has 2 rings (SSSR count). The minimum Gasteiger partial charge on any atom is -0.490 e. The lowest BCUT2D eigenvalue weighted by atomic mass is 10.1. The molecule has 2 aromatic rings. The first-order chi connectivity index (χ1) is 14.4. The molecule has 0 heterocycles. The summed E-state index contributed by atoms with van der Waals surface area (Å²) in [5.41, 5.74) is 0.927. The van der Waals surface area contributed by atoms with E-state index in [2.05, 4.69) is 0 Å². The Balaban J connectivity index is 2.23. The highest BCUT2D eigenvalue weighted by molar-refractivity contribution is 5.99. The summed E-state index contributed by atoms with van der Waals surface area (Å²) in [5, 5.41) is 0. The number of para-hydroxylation sites is 1. The first-order valence-corrected chi connectivity index (χ1v) is 10.0. The van der Waals surface area contributed by atoms with Crippen LogP contribution in [0.4, 0.5) is 5.69 Å². The lowest BCUT2D eigenvalue weighted by Gasteiger charge is -2.22. The third-order valence-corrected chi connectivity index (χ3v) is 4.25. The minimum atomic E-state index is -0.972. The molecule has 0 N–H and O–H groups in total. The molecule has 2 aromatic carbocycles. The molecular weight excluding hydrogens is 386 g/mol. The first kappa shape index (κ1) is 23.1. The van der Waals surface area contributed by atoms with E-state index in [1.807, 2.05) is 51.1 Å². The number of likely N-dealkylation sites (N-methyl/N-ethyl adjacent to an activating group) is 1. The second-order valence-electron chi connectivity index (χ2n) is 6.38. The molecule has 1 atom stereocenters. The van der Waals surface area contributed by atoms with Crippen LogP contribution < -0.4 is 19.1 Å². The summed E-state index contributed by atoms with van der Waals surface area (Å²) >= 11 is 0. The van der Waals surface area contributed by atoms with Gasteiger partial charge in [-0.3, -0.25) is 4.79 Å². The Morgan fingerprint density at radius 3 is 1.93 bits per heavy atom. The van der Waals surface area contributed by atoms with Gasteiger partial charge in [0.2, 0.25) is 5.75 Å². The van der Waals surface area contributed by atoms with E-state index >= 15 is 0 Å². The molecule has 7 nitrogen and oxygen atoms in total. The van der Waals surface area contributed by atoms with Crippen LogP contribution in [-0.4, -0.2) is 44.8 Å². The van der Waals surface area contributed by atoms with Crippen LogP contribution >= 0.6 is 0 Å². The van der Waals surface area contributed by atoms with Crippen molar-refractivity contribution < 1.29 is 28.5 Å². The summed E-state index contributed by atoms with van der Waals surface area (Å²) < 4.78 is 22.3. The smallest absolute Gasteiger partial charge is 0.339 e. The number of amides is 1. The molecule has 0 unspecified atom stereocenters. The maximum atomic E-state index is 12.8. The first-order valence-electron chi connectivity index (χ1n) is 10.0. The molecule has 0 aromatic heterocycles. The van der Waals surface area contributed by atoms with Gasteiger partial charge in [-0.15, -0.1) is 0 Å². The molecule has 1 amide bonds. The number of anilines is 1. The lowest BCUT2D eigenvalue weighted by Crippen LogP contribution is -2.37. The van der Waals surface area contributed by atoms with Crippen molar-refractivity contribution in [3.63, 3.8) is 0 Å². The van der Waals surface area contributed by atoms with Crippen molar-refractivity contribution in [3.8, 4) is 17.2 Å². The van der Waals surface area contributed by atoms with Crippen LogP contribution in [0.3, 0.4) is 0 Å². The molecular formula is C23H29NO6. The van der Waals surface area contributed by atoms with Crippen molar-refractivity contribution in [3.05, 3.63) is 48.0 Å². The molecule has 7 heteroatoms. The van der Waals surface area contributed by atoms with Gasteiger partial charge in [0.1, 0.15) is 0 Å². The maximum Gasteiger partial charge on any atom is 0.339 e. The summed E-state index contributed by atoms with van der Waals surface area (Å²) in [4.78, 5) is 26.9. The van der Waals surface area contributed by atoms with Gasteiger partial charge in [-0.25, -0.2) is 4.79 Å². The van der Waals surface area contributed by atoms with E-state index in [0.29, 0.717) is 42.8 Å². The summed E-state index contributed by atoms with van der Waals surface area (Å²) in [5.74, 6) is 0.221. The summed E-state index contributed by atoms with van der Waals surface area (Å²) in [6.07, 6.45) is -0.972. The van der Waals surface area contributed by atoms with Gasteiger partial charge in [0, 0.05) is 12.7 Å². The molecule has 0 bridgehead atoms. The largest absolute Gasteiger partial charge is 0.490 e. The predicted octanol–water partition coefficient (Wildman–Crippen LogP) is 4.09. The standard InChI is InChI=1S/C23H29NO6/c1-6-27-19-14-17(15-20(28-7-2)21(19)29-8-3)23(26)30-16(4)22(25)24(5)18-12-10-9-11-13-18/h9-16H,6-8H2,1-5H3/t16-/m0/s1. The lowest BCUT2D eigenvalue weighted by molar-refractivity contribution is -0.126. The quantitative estimate of drug-likeness (QED) is 0.544. The number of nitrogens with zero attached hydrogens (tertiary/aromatic N) is 1. The van der Waals surface area contributed by atoms with Gasteiger partial charge >= 0.3 is 5.97 Å². The molecule has 0 radical (unpaired) electrons. The van der Waals surface area contributed by atoms with Crippen LogP contribution in [0, 0.1) is 0 Å². The van der Waals surface area contributed by atoms with Crippen molar-refractivity contribution in [1.29, 1.82) is 0 Å². The number of benzene rings is 2. The number of hydrogen-bond donors (Lipinski definition) is 0. The van der Waals surface area contributed by atoms with E-state index in [0.717, 1.165) is 0 Å². The van der Waals surface area contributed by atoms with Gasteiger partial charge in [-0.05, 0) is 52.0 Å². The van der Waals surface area contributed by atoms with Crippen LogP contribution in [0.1, 0.15) is 38.1 Å². The molecule has 0 saturated carbocycles. The second kappa shape index (κ2) is 11.1. The zero-order chi connectivity index (χ0) is 22.1. The van der Waals surface area contributed by atoms with Crippen molar-refractivity contribution in [2.24, 2.45) is 0 Å². The number of carbonyl (C=O) groups excluding carboxylic acids is 2. The molecule has 0 saturated heterocycles. The van der Waals surface area contributed by atoms with Gasteiger partial charge in [-0.2, -0.15) is 0 Å². The molecule has 162 valence electrons. The average molecular weight is 415 g/mol. The van der Waals surface area contributed by atoms with Crippen molar-refractivity contribution >= 4 is 17.6 Å². The topological polar surface area (TPSA) is 74.3 Å². The van der Waals surface area contributed by atoms with Crippen LogP contribution in [0.5, 0.6) is 17.2 Å². The second-order valence-corrected chi connectivity index (χ2v) is 6.38. The maximum absolute atomic E-state index is 12.8. The zero-order valence-electron chi connectivity index (χ0n) is 18.1. The highest BCUT2D eigenvalue weighted by Crippen LogP contribution is 2.39. The van der Waals surface area contributed by atoms with Crippen molar-refractivity contribution in [2.75, 3.05) is 31.8 Å². The normalized spacial score (nSPS) is 11.4. The monoisotopic (exact) mass is 415 g/mol. The summed E-state index contributed by atoms with van der Waals surface area (Å²) in [6, 6.07) is 12.2. The number of hydrogen-bond acceptors (Lipinski definition) is 6. The van der Waals surface area contributed by atoms with E-state index in [1.54, 1.807) is 14.0 Å². The minimum absolute atomic E-state index is 0.215. The third kappa shape index (κ3) is 5.65. The van der Waals surface area contributed by atoms with E-state index < -0.39 is 12.1 Å². The van der Waals surface area contributed by atoms with E-state index in [4.69, 9.17) is 18.9 Å². The third-order valence-electron chi connectivity index (χ3n) is 4.25. The molecule has 0 aliphatic carbocycles. The van der Waals surface area contributed by atoms with E-state index in [9.17, 15) is 9.59 Å². The van der Waals surface area contributed by atoms with Crippen molar-refractivity contribution in [2.45, 2.75) is 33.8 Å². The van der Waals surface area contributed by atoms with Crippen LogP contribution in [-0.2, 0) is 9.53 Å². The van der Waals surface area contributed by atoms with Gasteiger partial charge in [0.05, 0.1) is 25.4 Å². The number of carbonyl (C=O) groups is 2. The molecule has 0 spiro atoms. The fourth-order valence-corrected chi connectivity index (χ4v) is 2.84. The highest BCUT2D eigenvalue weighted by atomic mass is 16.6. The number of rotatable bonds is 10. The number of esters is 1. The Morgan fingerprint density at radius 1 is 0.900 bits per heavy atom. The van der Waals surface area contributed by atoms with Crippen molar-refractivity contribution in [1.82, 2.24) is 0 Å². The highest BCUT2D eigenvalue weighted by Gasteiger charge is 2.25. The Hall–Kier alpha value is -3.22. The summed E-state index contributed by atoms with van der Waals surface area (Å²) in [6.45, 7) is 8.26. The fraction of sp³-hybridized carbons (Fsp3) is 0.391. The van der Waals surface area contributed by atoms with Gasteiger partial charge in [0.15, 0.2) is 17.6 Å². The van der Waals surface area contributed by atoms with Crippen LogP contribution in [0.2, 0.25) is 0 Å².